The third-order valence-corrected chi connectivity index (χ3v) is 2.93. The third kappa shape index (κ3) is 1.84. The molecule has 0 radical (unpaired) electrons. The van der Waals surface area contributed by atoms with Gasteiger partial charge in [-0.3, -0.25) is 0 Å². The summed E-state index contributed by atoms with van der Waals surface area (Å²) in [5.41, 5.74) is 1.56. The third-order valence-electron chi connectivity index (χ3n) is 2.15. The highest BCUT2D eigenvalue weighted by Crippen LogP contribution is 2.15. The summed E-state index contributed by atoms with van der Waals surface area (Å²) >= 11 is -1.98. The molecule has 0 amide bonds. The summed E-state index contributed by atoms with van der Waals surface area (Å²) in [4.78, 5) is 0.346. The minimum absolute atomic E-state index is 0.346. The van der Waals surface area contributed by atoms with Crippen molar-refractivity contribution in [2.45, 2.75) is 11.8 Å². The number of para-hydroxylation sites is 1. The van der Waals surface area contributed by atoms with Gasteiger partial charge in [0, 0.05) is 0 Å². The Hall–Kier alpha value is -1.46. The van der Waals surface area contributed by atoms with Crippen molar-refractivity contribution in [3.63, 3.8) is 0 Å². The molecule has 1 atom stereocenters. The Morgan fingerprint density at radius 2 is 2.00 bits per heavy atom. The van der Waals surface area contributed by atoms with Crippen LogP contribution in [-0.4, -0.2) is 18.5 Å². The molecule has 15 heavy (non-hydrogen) atoms. The van der Waals surface area contributed by atoms with E-state index in [0.717, 1.165) is 5.69 Å². The minimum atomic E-state index is -1.98. The van der Waals surface area contributed by atoms with Crippen molar-refractivity contribution in [1.82, 2.24) is 9.78 Å². The zero-order valence-electron chi connectivity index (χ0n) is 8.12. The summed E-state index contributed by atoms with van der Waals surface area (Å²) in [6.45, 7) is 1.77. The zero-order valence-corrected chi connectivity index (χ0v) is 8.94. The van der Waals surface area contributed by atoms with Crippen LogP contribution in [0.5, 0.6) is 0 Å². The van der Waals surface area contributed by atoms with Gasteiger partial charge in [-0.15, -0.1) is 0 Å². The highest BCUT2D eigenvalue weighted by atomic mass is 32.2. The van der Waals surface area contributed by atoms with Crippen LogP contribution in [0.3, 0.4) is 0 Å². The first-order chi connectivity index (χ1) is 7.20. The largest absolute Gasteiger partial charge is 0.302 e. The first-order valence-corrected chi connectivity index (χ1v) is 5.51. The zero-order chi connectivity index (χ0) is 10.8. The summed E-state index contributed by atoms with van der Waals surface area (Å²) in [7, 11) is 0. The second-order valence-electron chi connectivity index (χ2n) is 3.09. The lowest BCUT2D eigenvalue weighted by molar-refractivity contribution is 0.563. The van der Waals surface area contributed by atoms with Crippen LogP contribution in [0.4, 0.5) is 0 Å². The molecule has 1 unspecified atom stereocenters. The Morgan fingerprint density at radius 1 is 1.33 bits per heavy atom. The van der Waals surface area contributed by atoms with Gasteiger partial charge in [0.25, 0.3) is 0 Å². The van der Waals surface area contributed by atoms with E-state index in [1.807, 2.05) is 30.3 Å². The molecule has 5 heteroatoms. The van der Waals surface area contributed by atoms with Gasteiger partial charge in [0.2, 0.25) is 0 Å². The van der Waals surface area contributed by atoms with E-state index in [0.29, 0.717) is 10.6 Å². The highest BCUT2D eigenvalue weighted by Gasteiger charge is 2.11. The van der Waals surface area contributed by atoms with Crippen LogP contribution in [-0.2, 0) is 11.1 Å². The lowest BCUT2D eigenvalue weighted by atomic mass is 10.3. The molecule has 0 fully saturated rings. The molecule has 0 aliphatic heterocycles. The quantitative estimate of drug-likeness (QED) is 0.788. The fourth-order valence-electron chi connectivity index (χ4n) is 1.40. The maximum atomic E-state index is 10.9. The Labute approximate surface area is 89.8 Å². The summed E-state index contributed by atoms with van der Waals surface area (Å²) in [6.07, 6.45) is 1.42. The van der Waals surface area contributed by atoms with Crippen LogP contribution in [0.15, 0.2) is 41.4 Å². The molecule has 1 heterocycles. The smallest absolute Gasteiger partial charge is 0.190 e. The van der Waals surface area contributed by atoms with Crippen molar-refractivity contribution in [1.29, 1.82) is 0 Å². The summed E-state index contributed by atoms with van der Waals surface area (Å²) < 4.78 is 21.6. The molecule has 2 rings (SSSR count). The van der Waals surface area contributed by atoms with Crippen LogP contribution in [0, 0.1) is 6.92 Å². The van der Waals surface area contributed by atoms with E-state index in [1.165, 1.54) is 6.20 Å². The Morgan fingerprint density at radius 3 is 2.53 bits per heavy atom. The number of rotatable bonds is 2. The average molecular weight is 222 g/mol. The number of hydrogen-bond acceptors (Lipinski definition) is 2. The van der Waals surface area contributed by atoms with Crippen molar-refractivity contribution in [3.05, 3.63) is 42.2 Å². The molecule has 0 saturated heterocycles. The van der Waals surface area contributed by atoms with Crippen molar-refractivity contribution in [3.8, 4) is 5.69 Å². The molecule has 0 saturated carbocycles. The normalized spacial score (nSPS) is 12.7. The van der Waals surface area contributed by atoms with Gasteiger partial charge in [-0.1, -0.05) is 18.2 Å². The molecular weight excluding hydrogens is 212 g/mol. The molecule has 1 N–H and O–H groups in total. The summed E-state index contributed by atoms with van der Waals surface area (Å²) in [6, 6.07) is 9.49. The highest BCUT2D eigenvalue weighted by molar-refractivity contribution is 7.79. The van der Waals surface area contributed by atoms with Gasteiger partial charge in [0.15, 0.2) is 11.1 Å². The molecule has 0 spiro atoms. The van der Waals surface area contributed by atoms with Gasteiger partial charge >= 0.3 is 0 Å². The molecule has 0 aliphatic rings. The Bertz CT molecular complexity index is 493. The first-order valence-electron chi connectivity index (χ1n) is 4.41. The van der Waals surface area contributed by atoms with Crippen molar-refractivity contribution in [2.75, 3.05) is 0 Å². The second-order valence-corrected chi connectivity index (χ2v) is 4.03. The Kier molecular flexibility index (Phi) is 2.66. The van der Waals surface area contributed by atoms with Crippen LogP contribution in [0.25, 0.3) is 5.69 Å². The number of nitrogens with zero attached hydrogens (tertiary/aromatic N) is 2. The minimum Gasteiger partial charge on any atom is -0.302 e. The van der Waals surface area contributed by atoms with E-state index in [9.17, 15) is 4.21 Å². The molecule has 0 aliphatic carbocycles. The molecule has 1 aromatic carbocycles. The fraction of sp³-hybridized carbons (Fsp3) is 0.100. The molecule has 78 valence electrons. The summed E-state index contributed by atoms with van der Waals surface area (Å²) in [5.74, 6) is 0. The van der Waals surface area contributed by atoms with Gasteiger partial charge in [-0.25, -0.2) is 8.89 Å². The van der Waals surface area contributed by atoms with Gasteiger partial charge in [-0.2, -0.15) is 5.10 Å². The van der Waals surface area contributed by atoms with Crippen LogP contribution < -0.4 is 0 Å². The van der Waals surface area contributed by atoms with Gasteiger partial charge in [0.1, 0.15) is 4.90 Å². The van der Waals surface area contributed by atoms with Crippen LogP contribution in [0.1, 0.15) is 5.69 Å². The van der Waals surface area contributed by atoms with Crippen LogP contribution >= 0.6 is 0 Å². The monoisotopic (exact) mass is 222 g/mol. The van der Waals surface area contributed by atoms with E-state index >= 15 is 0 Å². The van der Waals surface area contributed by atoms with E-state index in [1.54, 1.807) is 11.6 Å². The van der Waals surface area contributed by atoms with Crippen molar-refractivity contribution < 1.29 is 8.76 Å². The van der Waals surface area contributed by atoms with E-state index in [4.69, 9.17) is 4.55 Å². The van der Waals surface area contributed by atoms with Gasteiger partial charge in [-0.05, 0) is 19.1 Å². The molecule has 2 aromatic rings. The van der Waals surface area contributed by atoms with Crippen molar-refractivity contribution >= 4 is 11.1 Å². The fourth-order valence-corrected chi connectivity index (χ4v) is 1.87. The molecule has 1 aromatic heterocycles. The topological polar surface area (TPSA) is 55.1 Å². The first kappa shape index (κ1) is 10.1. The molecule has 0 bridgehead atoms. The lowest BCUT2D eigenvalue weighted by Crippen LogP contribution is -1.99. The number of aromatic nitrogens is 2. The van der Waals surface area contributed by atoms with E-state index in [2.05, 4.69) is 5.10 Å². The van der Waals surface area contributed by atoms with Gasteiger partial charge in [0.05, 0.1) is 17.6 Å². The van der Waals surface area contributed by atoms with E-state index < -0.39 is 11.1 Å². The molecule has 4 nitrogen and oxygen atoms in total. The van der Waals surface area contributed by atoms with Gasteiger partial charge < -0.3 is 4.55 Å². The van der Waals surface area contributed by atoms with E-state index in [-0.39, 0.29) is 0 Å². The predicted molar refractivity (Wildman–Crippen MR) is 57.3 cm³/mol. The maximum absolute atomic E-state index is 10.9. The summed E-state index contributed by atoms with van der Waals surface area (Å²) in [5, 5.41) is 4.07. The Balaban J connectivity index is 2.52. The SMILES string of the molecule is Cc1c(S(=O)O)cnn1-c1ccccc1. The number of benzene rings is 1. The van der Waals surface area contributed by atoms with Crippen LogP contribution in [0.2, 0.25) is 0 Å². The van der Waals surface area contributed by atoms with Crippen molar-refractivity contribution in [2.24, 2.45) is 0 Å². The standard InChI is InChI=1S/C10H10N2O2S/c1-8-10(15(13)14)7-11-12(8)9-5-3-2-4-6-9/h2-7H,1H3,(H,13,14). The second kappa shape index (κ2) is 3.96. The average Bonchev–Trinajstić information content (AvgIpc) is 2.61. The lowest BCUT2D eigenvalue weighted by Gasteiger charge is -2.03. The maximum Gasteiger partial charge on any atom is 0.190 e. The molecular formula is C10H10N2O2S. The predicted octanol–water partition coefficient (Wildman–Crippen LogP) is 1.76. The number of hydrogen-bond donors (Lipinski definition) is 1.